The van der Waals surface area contributed by atoms with Crippen LogP contribution in [-0.2, 0) is 16.9 Å². The first-order chi connectivity index (χ1) is 13.5. The van der Waals surface area contributed by atoms with Crippen LogP contribution in [0.1, 0.15) is 42.4 Å². The number of ether oxygens (including phenoxy) is 1. The number of rotatable bonds is 3. The van der Waals surface area contributed by atoms with E-state index in [9.17, 15) is 14.3 Å². The first-order valence-electron chi connectivity index (χ1n) is 9.42. The molecule has 2 aromatic rings. The van der Waals surface area contributed by atoms with Crippen molar-refractivity contribution in [3.63, 3.8) is 0 Å². The summed E-state index contributed by atoms with van der Waals surface area (Å²) in [5.41, 5.74) is 0.122. The van der Waals surface area contributed by atoms with E-state index in [0.29, 0.717) is 18.4 Å². The molecular formula is C22H21FN2O3. The summed E-state index contributed by atoms with van der Waals surface area (Å²) < 4.78 is 19.5. The minimum atomic E-state index is -1.21. The summed E-state index contributed by atoms with van der Waals surface area (Å²) in [6.45, 7) is 0.209. The van der Waals surface area contributed by atoms with E-state index >= 15 is 0 Å². The van der Waals surface area contributed by atoms with Gasteiger partial charge in [0.05, 0.1) is 11.2 Å². The quantitative estimate of drug-likeness (QED) is 0.878. The molecule has 1 amide bonds. The van der Waals surface area contributed by atoms with Crippen LogP contribution < -0.4 is 0 Å². The highest BCUT2D eigenvalue weighted by molar-refractivity contribution is 5.69. The lowest BCUT2D eigenvalue weighted by Gasteiger charge is -2.43. The number of nitriles is 1. The number of hydrogen-bond donors (Lipinski definition) is 1. The van der Waals surface area contributed by atoms with Crippen LogP contribution in [0.4, 0.5) is 9.18 Å². The Labute approximate surface area is 163 Å². The van der Waals surface area contributed by atoms with E-state index in [1.165, 1.54) is 12.1 Å². The Hall–Kier alpha value is -2.91. The predicted molar refractivity (Wildman–Crippen MR) is 99.5 cm³/mol. The summed E-state index contributed by atoms with van der Waals surface area (Å²) >= 11 is 0. The lowest BCUT2D eigenvalue weighted by molar-refractivity contribution is -0.0538. The van der Waals surface area contributed by atoms with E-state index in [2.05, 4.69) is 0 Å². The summed E-state index contributed by atoms with van der Waals surface area (Å²) in [4.78, 5) is 14.4. The highest BCUT2D eigenvalue weighted by Gasteiger charge is 2.50. The Bertz CT molecular complexity index is 911. The molecule has 6 heteroatoms. The van der Waals surface area contributed by atoms with Crippen LogP contribution in [0.5, 0.6) is 0 Å². The third-order valence-corrected chi connectivity index (χ3v) is 5.81. The molecule has 2 fully saturated rings. The number of hydrogen-bond acceptors (Lipinski definition) is 4. The van der Waals surface area contributed by atoms with Gasteiger partial charge in [-0.3, -0.25) is 0 Å². The average Bonchev–Trinajstić information content (AvgIpc) is 2.99. The molecule has 5 nitrogen and oxygen atoms in total. The fourth-order valence-corrected chi connectivity index (χ4v) is 4.45. The van der Waals surface area contributed by atoms with Gasteiger partial charge in [0.1, 0.15) is 18.5 Å². The summed E-state index contributed by atoms with van der Waals surface area (Å²) in [7, 11) is 0. The molecule has 2 aliphatic heterocycles. The molecule has 0 spiro atoms. The lowest BCUT2D eigenvalue weighted by atomic mass is 9.80. The van der Waals surface area contributed by atoms with Crippen LogP contribution in [0.3, 0.4) is 0 Å². The van der Waals surface area contributed by atoms with Gasteiger partial charge < -0.3 is 14.7 Å². The zero-order valence-electron chi connectivity index (χ0n) is 15.3. The molecule has 4 rings (SSSR count). The third-order valence-electron chi connectivity index (χ3n) is 5.81. The predicted octanol–water partition coefficient (Wildman–Crippen LogP) is 3.85. The fourth-order valence-electron chi connectivity index (χ4n) is 4.45. The smallest absolute Gasteiger partial charge is 0.410 e. The number of nitrogens with zero attached hydrogens (tertiary/aromatic N) is 2. The molecule has 2 saturated heterocycles. The molecular weight excluding hydrogens is 359 g/mol. The van der Waals surface area contributed by atoms with Crippen LogP contribution in [-0.4, -0.2) is 28.2 Å². The fraction of sp³-hybridized carbons (Fsp3) is 0.364. The van der Waals surface area contributed by atoms with Gasteiger partial charge in [-0.25, -0.2) is 9.18 Å². The molecule has 28 heavy (non-hydrogen) atoms. The topological polar surface area (TPSA) is 73.6 Å². The van der Waals surface area contributed by atoms with Crippen molar-refractivity contribution in [1.29, 1.82) is 5.26 Å². The highest BCUT2D eigenvalue weighted by Crippen LogP contribution is 2.46. The Morgan fingerprint density at radius 3 is 2.50 bits per heavy atom. The first kappa shape index (κ1) is 18.5. The zero-order valence-corrected chi connectivity index (χ0v) is 15.3. The van der Waals surface area contributed by atoms with Crippen molar-refractivity contribution in [2.24, 2.45) is 0 Å². The maximum atomic E-state index is 14.0. The summed E-state index contributed by atoms with van der Waals surface area (Å²) in [6.07, 6.45) is 1.85. The number of fused-ring (bicyclic) bond motifs is 2. The number of benzene rings is 2. The van der Waals surface area contributed by atoms with E-state index < -0.39 is 11.4 Å². The number of piperidine rings is 1. The number of halogens is 1. The largest absolute Gasteiger partial charge is 0.445 e. The second-order valence-corrected chi connectivity index (χ2v) is 7.58. The van der Waals surface area contributed by atoms with Gasteiger partial charge in [-0.15, -0.1) is 0 Å². The SMILES string of the molecule is N#Cc1ccc(C2(O)CC3CCC(C2)N3C(=O)OCc2ccccc2)cc1F. The van der Waals surface area contributed by atoms with Crippen molar-refractivity contribution < 1.29 is 19.0 Å². The van der Waals surface area contributed by atoms with Gasteiger partial charge in [-0.1, -0.05) is 36.4 Å². The van der Waals surface area contributed by atoms with E-state index in [1.54, 1.807) is 17.0 Å². The number of carbonyl (C=O) groups is 1. The van der Waals surface area contributed by atoms with Crippen molar-refractivity contribution in [1.82, 2.24) is 4.90 Å². The average molecular weight is 380 g/mol. The van der Waals surface area contributed by atoms with Crippen LogP contribution >= 0.6 is 0 Å². The van der Waals surface area contributed by atoms with E-state index in [1.807, 2.05) is 30.3 Å². The van der Waals surface area contributed by atoms with Gasteiger partial charge >= 0.3 is 6.09 Å². The molecule has 1 N–H and O–H groups in total. The second kappa shape index (κ2) is 7.25. The van der Waals surface area contributed by atoms with E-state index in [4.69, 9.17) is 10.00 Å². The Kier molecular flexibility index (Phi) is 4.78. The molecule has 2 bridgehead atoms. The molecule has 2 unspecified atom stereocenters. The minimum absolute atomic E-state index is 0.0442. The maximum absolute atomic E-state index is 14.0. The molecule has 0 aliphatic carbocycles. The third kappa shape index (κ3) is 3.34. The monoisotopic (exact) mass is 380 g/mol. The molecule has 0 saturated carbocycles. The normalized spacial score (nSPS) is 26.0. The standard InChI is InChI=1S/C22H21FN2O3/c23-20-10-17(7-6-16(20)13-24)22(27)11-18-8-9-19(12-22)25(18)21(26)28-14-15-4-2-1-3-5-15/h1-7,10,18-19,27H,8-9,11-12,14H2. The minimum Gasteiger partial charge on any atom is -0.445 e. The van der Waals surface area contributed by atoms with E-state index in [-0.39, 0.29) is 30.3 Å². The number of carbonyl (C=O) groups excluding carboxylic acids is 1. The van der Waals surface area contributed by atoms with E-state index in [0.717, 1.165) is 18.4 Å². The number of aliphatic hydroxyl groups is 1. The van der Waals surface area contributed by atoms with Crippen LogP contribution in [0, 0.1) is 17.1 Å². The molecule has 2 heterocycles. The van der Waals surface area contributed by atoms with Gasteiger partial charge in [0.25, 0.3) is 0 Å². The van der Waals surface area contributed by atoms with Crippen molar-refractivity contribution >= 4 is 6.09 Å². The molecule has 0 radical (unpaired) electrons. The van der Waals surface area contributed by atoms with Gasteiger partial charge in [-0.05, 0) is 36.1 Å². The van der Waals surface area contributed by atoms with Crippen molar-refractivity contribution in [3.8, 4) is 6.07 Å². The highest BCUT2D eigenvalue weighted by atomic mass is 19.1. The van der Waals surface area contributed by atoms with Crippen molar-refractivity contribution in [2.75, 3.05) is 0 Å². The van der Waals surface area contributed by atoms with Gasteiger partial charge in [0.15, 0.2) is 0 Å². The molecule has 2 aliphatic rings. The van der Waals surface area contributed by atoms with Crippen molar-refractivity contribution in [3.05, 3.63) is 71.0 Å². The number of amides is 1. The molecule has 0 aromatic heterocycles. The van der Waals surface area contributed by atoms with Gasteiger partial charge in [0, 0.05) is 24.9 Å². The Balaban J connectivity index is 1.47. The Morgan fingerprint density at radius 1 is 1.21 bits per heavy atom. The summed E-state index contributed by atoms with van der Waals surface area (Å²) in [6, 6.07) is 15.2. The van der Waals surface area contributed by atoms with Crippen molar-refractivity contribution in [2.45, 2.75) is 50.0 Å². The molecule has 2 aromatic carbocycles. The second-order valence-electron chi connectivity index (χ2n) is 7.58. The van der Waals surface area contributed by atoms with Gasteiger partial charge in [0.2, 0.25) is 0 Å². The van der Waals surface area contributed by atoms with Gasteiger partial charge in [-0.2, -0.15) is 5.26 Å². The summed E-state index contributed by atoms with van der Waals surface area (Å²) in [5.74, 6) is -0.634. The molecule has 144 valence electrons. The van der Waals surface area contributed by atoms with Crippen LogP contribution in [0.15, 0.2) is 48.5 Å². The van der Waals surface area contributed by atoms with Crippen LogP contribution in [0.25, 0.3) is 0 Å². The zero-order chi connectivity index (χ0) is 19.7. The lowest BCUT2D eigenvalue weighted by Crippen LogP contribution is -2.52. The van der Waals surface area contributed by atoms with Crippen LogP contribution in [0.2, 0.25) is 0 Å². The maximum Gasteiger partial charge on any atom is 0.410 e. The first-order valence-corrected chi connectivity index (χ1v) is 9.42. The Morgan fingerprint density at radius 2 is 1.89 bits per heavy atom. The molecule has 2 atom stereocenters. The summed E-state index contributed by atoms with van der Waals surface area (Å²) in [5, 5.41) is 20.1.